The molecule has 3 rings (SSSR count). The molecule has 0 bridgehead atoms. The van der Waals surface area contributed by atoms with E-state index in [1.807, 2.05) is 49.2 Å². The van der Waals surface area contributed by atoms with E-state index in [0.29, 0.717) is 32.5 Å². The lowest BCUT2D eigenvalue weighted by atomic mass is 10.0. The van der Waals surface area contributed by atoms with Crippen LogP contribution < -0.4 is 4.74 Å². The van der Waals surface area contributed by atoms with Crippen LogP contribution in [0.3, 0.4) is 0 Å². The van der Waals surface area contributed by atoms with Gasteiger partial charge in [-0.3, -0.25) is 0 Å². The average molecular weight is 449 g/mol. The van der Waals surface area contributed by atoms with Gasteiger partial charge in [0.15, 0.2) is 5.82 Å². The minimum Gasteiger partial charge on any atom is -0.430 e. The second kappa shape index (κ2) is 9.57. The second-order valence-electron chi connectivity index (χ2n) is 6.68. The van der Waals surface area contributed by atoms with E-state index < -0.39 is 0 Å². The van der Waals surface area contributed by atoms with Gasteiger partial charge in [0, 0.05) is 42.1 Å². The smallest absolute Gasteiger partial charge is 0.298 e. The van der Waals surface area contributed by atoms with Gasteiger partial charge in [0.25, 0.3) is 5.19 Å². The molecule has 8 heteroatoms. The molecule has 0 radical (unpaired) electrons. The first-order valence-electron chi connectivity index (χ1n) is 9.19. The van der Waals surface area contributed by atoms with Gasteiger partial charge in [-0.1, -0.05) is 42.3 Å². The summed E-state index contributed by atoms with van der Waals surface area (Å²) in [4.78, 5) is 10.9. The average Bonchev–Trinajstić information content (AvgIpc) is 3.17. The zero-order valence-electron chi connectivity index (χ0n) is 16.7. The molecule has 3 aromatic rings. The van der Waals surface area contributed by atoms with Crippen LogP contribution in [0.1, 0.15) is 36.7 Å². The molecule has 0 fully saturated rings. The normalized spacial score (nSPS) is 12.3. The number of hydrogen-bond donors (Lipinski definition) is 0. The number of halogens is 2. The maximum atomic E-state index is 6.39. The zero-order chi connectivity index (χ0) is 21.0. The van der Waals surface area contributed by atoms with Crippen LogP contribution in [-0.4, -0.2) is 34.2 Å². The fourth-order valence-electron chi connectivity index (χ4n) is 2.53. The van der Waals surface area contributed by atoms with Gasteiger partial charge in [0.2, 0.25) is 0 Å². The molecule has 152 valence electrons. The monoisotopic (exact) mass is 448 g/mol. The van der Waals surface area contributed by atoms with E-state index in [4.69, 9.17) is 27.9 Å². The predicted molar refractivity (Wildman–Crippen MR) is 122 cm³/mol. The molecule has 1 atom stereocenters. The number of rotatable bonds is 7. The van der Waals surface area contributed by atoms with Crippen molar-refractivity contribution in [1.29, 1.82) is 0 Å². The van der Waals surface area contributed by atoms with Crippen molar-refractivity contribution in [3.8, 4) is 10.9 Å². The third kappa shape index (κ3) is 5.47. The highest BCUT2D eigenvalue weighted by Gasteiger charge is 2.16. The molecule has 0 aliphatic heterocycles. The third-order valence-corrected chi connectivity index (χ3v) is 5.68. The van der Waals surface area contributed by atoms with Gasteiger partial charge in [-0.2, -0.15) is 9.36 Å². The van der Waals surface area contributed by atoms with E-state index in [2.05, 4.69) is 28.2 Å². The summed E-state index contributed by atoms with van der Waals surface area (Å²) in [6, 6.07) is 11.4. The zero-order valence-corrected chi connectivity index (χ0v) is 19.0. The number of aryl methyl sites for hydroxylation is 1. The van der Waals surface area contributed by atoms with Gasteiger partial charge >= 0.3 is 0 Å². The van der Waals surface area contributed by atoms with Gasteiger partial charge < -0.3 is 9.64 Å². The van der Waals surface area contributed by atoms with Crippen molar-refractivity contribution in [1.82, 2.24) is 14.3 Å². The van der Waals surface area contributed by atoms with Gasteiger partial charge in [-0.25, -0.2) is 4.99 Å². The lowest BCUT2D eigenvalue weighted by Crippen LogP contribution is -2.14. The molecule has 1 heterocycles. The summed E-state index contributed by atoms with van der Waals surface area (Å²) in [7, 11) is 1.96. The van der Waals surface area contributed by atoms with Crippen molar-refractivity contribution in [2.45, 2.75) is 26.7 Å². The lowest BCUT2D eigenvalue weighted by molar-refractivity contribution is 0.473. The first kappa shape index (κ1) is 21.6. The van der Waals surface area contributed by atoms with Crippen LogP contribution in [0.15, 0.2) is 41.4 Å². The molecular formula is C21H22Cl2N4OS. The molecule has 1 aromatic heterocycles. The molecule has 0 saturated carbocycles. The van der Waals surface area contributed by atoms with Crippen LogP contribution in [0.4, 0.5) is 5.69 Å². The topological polar surface area (TPSA) is 50.6 Å². The van der Waals surface area contributed by atoms with Gasteiger partial charge in [0.05, 0.1) is 17.0 Å². The Hall–Kier alpha value is -2.15. The van der Waals surface area contributed by atoms with E-state index in [1.165, 1.54) is 11.5 Å². The summed E-state index contributed by atoms with van der Waals surface area (Å²) in [5, 5.41) is 1.70. The number of aromatic nitrogens is 2. The maximum Gasteiger partial charge on any atom is 0.298 e. The van der Waals surface area contributed by atoms with E-state index in [1.54, 1.807) is 12.4 Å². The number of hydrogen-bond acceptors (Lipinski definition) is 5. The minimum absolute atomic E-state index is 0.0396. The molecule has 2 aromatic carbocycles. The van der Waals surface area contributed by atoms with Crippen LogP contribution in [0, 0.1) is 6.92 Å². The highest BCUT2D eigenvalue weighted by atomic mass is 35.5. The molecule has 0 aliphatic rings. The molecule has 0 saturated heterocycles. The van der Waals surface area contributed by atoms with Crippen molar-refractivity contribution in [3.05, 3.63) is 63.4 Å². The molecule has 0 aliphatic carbocycles. The Bertz CT molecular complexity index is 1000. The standard InChI is InChI=1S/C21H22Cl2N4OS/c1-5-27(4)12-24-18-10-13(2)19(11-17(18)23)28-21-25-20(26-29-21)14(3)15-6-8-16(22)9-7-15/h6-12,14H,5H2,1-4H3/b24-12-. The lowest BCUT2D eigenvalue weighted by Gasteiger charge is -2.10. The fraction of sp³-hybridized carbons (Fsp3) is 0.286. The van der Waals surface area contributed by atoms with E-state index in [-0.39, 0.29) is 5.92 Å². The van der Waals surface area contributed by atoms with Gasteiger partial charge in [0.1, 0.15) is 5.75 Å². The van der Waals surface area contributed by atoms with Gasteiger partial charge in [-0.05, 0) is 43.2 Å². The van der Waals surface area contributed by atoms with Crippen molar-refractivity contribution >= 4 is 46.8 Å². The van der Waals surface area contributed by atoms with Crippen LogP contribution in [0.5, 0.6) is 10.9 Å². The maximum absolute atomic E-state index is 6.39. The number of aliphatic imine (C=N–C) groups is 1. The fourth-order valence-corrected chi connectivity index (χ4v) is 3.49. The van der Waals surface area contributed by atoms with Crippen molar-refractivity contribution in [2.75, 3.05) is 13.6 Å². The molecule has 1 unspecified atom stereocenters. The Morgan fingerprint density at radius 2 is 1.97 bits per heavy atom. The Morgan fingerprint density at radius 3 is 2.66 bits per heavy atom. The number of ether oxygens (including phenoxy) is 1. The molecule has 0 amide bonds. The van der Waals surface area contributed by atoms with Crippen LogP contribution >= 0.6 is 34.7 Å². The largest absolute Gasteiger partial charge is 0.430 e. The van der Waals surface area contributed by atoms with Crippen LogP contribution in [0.25, 0.3) is 0 Å². The third-order valence-electron chi connectivity index (χ3n) is 4.51. The molecule has 0 N–H and O–H groups in total. The summed E-state index contributed by atoms with van der Waals surface area (Å²) in [6.07, 6.45) is 1.76. The highest BCUT2D eigenvalue weighted by molar-refractivity contribution is 7.07. The first-order valence-corrected chi connectivity index (χ1v) is 10.7. The SMILES string of the molecule is CCN(C)/C=N\c1cc(C)c(Oc2nc(C(C)c3ccc(Cl)cc3)ns2)cc1Cl. The summed E-state index contributed by atoms with van der Waals surface area (Å²) >= 11 is 13.6. The first-order chi connectivity index (χ1) is 13.9. The Morgan fingerprint density at radius 1 is 1.24 bits per heavy atom. The van der Waals surface area contributed by atoms with E-state index >= 15 is 0 Å². The molecule has 29 heavy (non-hydrogen) atoms. The summed E-state index contributed by atoms with van der Waals surface area (Å²) < 4.78 is 10.4. The van der Waals surface area contributed by atoms with Crippen LogP contribution in [0.2, 0.25) is 10.0 Å². The van der Waals surface area contributed by atoms with Crippen molar-refractivity contribution in [2.24, 2.45) is 4.99 Å². The highest BCUT2D eigenvalue weighted by Crippen LogP contribution is 2.36. The minimum atomic E-state index is 0.0396. The summed E-state index contributed by atoms with van der Waals surface area (Å²) in [6.45, 7) is 6.93. The van der Waals surface area contributed by atoms with Crippen molar-refractivity contribution in [3.63, 3.8) is 0 Å². The molecular weight excluding hydrogens is 427 g/mol. The summed E-state index contributed by atoms with van der Waals surface area (Å²) in [5.41, 5.74) is 2.71. The van der Waals surface area contributed by atoms with E-state index in [0.717, 1.165) is 17.7 Å². The quantitative estimate of drug-likeness (QED) is 0.297. The Kier molecular flexibility index (Phi) is 7.11. The number of benzene rings is 2. The predicted octanol–water partition coefficient (Wildman–Crippen LogP) is 6.71. The Labute approximate surface area is 185 Å². The molecule has 0 spiro atoms. The summed E-state index contributed by atoms with van der Waals surface area (Å²) in [5.74, 6) is 1.39. The second-order valence-corrected chi connectivity index (χ2v) is 8.24. The molecule has 5 nitrogen and oxygen atoms in total. The Balaban J connectivity index is 1.76. The van der Waals surface area contributed by atoms with E-state index in [9.17, 15) is 0 Å². The van der Waals surface area contributed by atoms with Gasteiger partial charge in [-0.15, -0.1) is 0 Å². The number of nitrogens with zero attached hydrogens (tertiary/aromatic N) is 4. The van der Waals surface area contributed by atoms with Crippen LogP contribution in [-0.2, 0) is 0 Å². The van der Waals surface area contributed by atoms with Crippen molar-refractivity contribution < 1.29 is 4.74 Å².